The Morgan fingerprint density at radius 1 is 1.08 bits per heavy atom. The van der Waals surface area contributed by atoms with Gasteiger partial charge in [-0.2, -0.15) is 0 Å². The first kappa shape index (κ1) is 17.5. The molecule has 1 heterocycles. The number of anilines is 2. The van der Waals surface area contributed by atoms with Crippen molar-refractivity contribution in [2.24, 2.45) is 0 Å². The first-order valence-electron chi connectivity index (χ1n) is 7.93. The molecule has 0 unspecified atom stereocenters. The van der Waals surface area contributed by atoms with E-state index in [1.54, 1.807) is 41.3 Å². The highest BCUT2D eigenvalue weighted by Crippen LogP contribution is 2.12. The van der Waals surface area contributed by atoms with Crippen LogP contribution >= 0.6 is 0 Å². The molecule has 0 radical (unpaired) electrons. The summed E-state index contributed by atoms with van der Waals surface area (Å²) in [6, 6.07) is 10.3. The molecular formula is C18H22N4O2. The summed E-state index contributed by atoms with van der Waals surface area (Å²) >= 11 is 0. The average Bonchev–Trinajstić information content (AvgIpc) is 2.58. The van der Waals surface area contributed by atoms with E-state index in [0.717, 1.165) is 0 Å². The first-order valence-corrected chi connectivity index (χ1v) is 7.93. The SMILES string of the molecule is CCN(CC)C(=O)c1ccc(NC(=O)Cc2ccc(N)cn2)cc1. The molecule has 24 heavy (non-hydrogen) atoms. The van der Waals surface area contributed by atoms with Gasteiger partial charge in [0.25, 0.3) is 5.91 Å². The second-order valence-electron chi connectivity index (χ2n) is 5.36. The van der Waals surface area contributed by atoms with Gasteiger partial charge in [-0.15, -0.1) is 0 Å². The van der Waals surface area contributed by atoms with Crippen LogP contribution in [0.4, 0.5) is 11.4 Å². The summed E-state index contributed by atoms with van der Waals surface area (Å²) in [5, 5.41) is 2.79. The minimum atomic E-state index is -0.171. The van der Waals surface area contributed by atoms with E-state index in [-0.39, 0.29) is 18.2 Å². The molecule has 3 N–H and O–H groups in total. The van der Waals surface area contributed by atoms with Crippen molar-refractivity contribution in [2.45, 2.75) is 20.3 Å². The minimum Gasteiger partial charge on any atom is -0.397 e. The number of pyridine rings is 1. The summed E-state index contributed by atoms with van der Waals surface area (Å²) in [6.45, 7) is 5.23. The number of nitrogens with two attached hydrogens (primary N) is 1. The van der Waals surface area contributed by atoms with Crippen molar-refractivity contribution in [3.63, 3.8) is 0 Å². The number of carbonyl (C=O) groups is 2. The first-order chi connectivity index (χ1) is 11.5. The molecule has 0 fully saturated rings. The summed E-state index contributed by atoms with van der Waals surface area (Å²) in [5.74, 6) is -0.181. The molecule has 6 nitrogen and oxygen atoms in total. The van der Waals surface area contributed by atoms with Gasteiger partial charge in [0.15, 0.2) is 0 Å². The lowest BCUT2D eigenvalue weighted by Crippen LogP contribution is -2.30. The number of nitrogen functional groups attached to an aromatic ring is 1. The van der Waals surface area contributed by atoms with Gasteiger partial charge >= 0.3 is 0 Å². The smallest absolute Gasteiger partial charge is 0.253 e. The Morgan fingerprint density at radius 3 is 2.29 bits per heavy atom. The fourth-order valence-electron chi connectivity index (χ4n) is 2.30. The Labute approximate surface area is 141 Å². The van der Waals surface area contributed by atoms with Gasteiger partial charge in [-0.05, 0) is 50.2 Å². The summed E-state index contributed by atoms with van der Waals surface area (Å²) in [7, 11) is 0. The lowest BCUT2D eigenvalue weighted by atomic mass is 10.1. The summed E-state index contributed by atoms with van der Waals surface area (Å²) in [4.78, 5) is 30.1. The molecule has 126 valence electrons. The normalized spacial score (nSPS) is 10.2. The van der Waals surface area contributed by atoms with Crippen molar-refractivity contribution in [3.8, 4) is 0 Å². The third-order valence-corrected chi connectivity index (χ3v) is 3.66. The van der Waals surface area contributed by atoms with Crippen LogP contribution in [0.2, 0.25) is 0 Å². The number of aromatic nitrogens is 1. The third-order valence-electron chi connectivity index (χ3n) is 3.66. The van der Waals surface area contributed by atoms with Crippen LogP contribution in [-0.2, 0) is 11.2 Å². The maximum absolute atomic E-state index is 12.2. The Kier molecular flexibility index (Phi) is 5.89. The van der Waals surface area contributed by atoms with Crippen molar-refractivity contribution in [3.05, 3.63) is 53.9 Å². The van der Waals surface area contributed by atoms with Crippen LogP contribution in [-0.4, -0.2) is 34.8 Å². The number of benzene rings is 1. The Hall–Kier alpha value is -2.89. The summed E-state index contributed by atoms with van der Waals surface area (Å²) < 4.78 is 0. The third kappa shape index (κ3) is 4.55. The second kappa shape index (κ2) is 8.10. The molecular weight excluding hydrogens is 304 g/mol. The summed E-state index contributed by atoms with van der Waals surface area (Å²) in [5.41, 5.74) is 8.03. The van der Waals surface area contributed by atoms with Gasteiger partial charge in [0.05, 0.1) is 18.3 Å². The van der Waals surface area contributed by atoms with Crippen LogP contribution in [0, 0.1) is 0 Å². The molecule has 2 aromatic rings. The van der Waals surface area contributed by atoms with Gasteiger partial charge < -0.3 is 16.0 Å². The van der Waals surface area contributed by atoms with E-state index < -0.39 is 0 Å². The van der Waals surface area contributed by atoms with Crippen LogP contribution in [0.5, 0.6) is 0 Å². The molecule has 2 rings (SSSR count). The molecule has 1 aromatic carbocycles. The molecule has 0 saturated carbocycles. The zero-order valence-corrected chi connectivity index (χ0v) is 14.0. The van der Waals surface area contributed by atoms with Gasteiger partial charge in [-0.1, -0.05) is 0 Å². The number of amides is 2. The molecule has 2 amide bonds. The molecule has 6 heteroatoms. The van der Waals surface area contributed by atoms with Crippen LogP contribution in [0.15, 0.2) is 42.6 Å². The van der Waals surface area contributed by atoms with Gasteiger partial charge in [0.2, 0.25) is 5.91 Å². The highest BCUT2D eigenvalue weighted by atomic mass is 16.2. The van der Waals surface area contributed by atoms with E-state index in [1.807, 2.05) is 13.8 Å². The van der Waals surface area contributed by atoms with Crippen LogP contribution in [0.3, 0.4) is 0 Å². The van der Waals surface area contributed by atoms with Crippen molar-refractivity contribution in [1.29, 1.82) is 0 Å². The highest BCUT2D eigenvalue weighted by molar-refractivity contribution is 5.96. The van der Waals surface area contributed by atoms with Gasteiger partial charge in [0, 0.05) is 30.0 Å². The number of nitrogens with zero attached hydrogens (tertiary/aromatic N) is 2. The van der Waals surface area contributed by atoms with Crippen LogP contribution in [0.1, 0.15) is 29.9 Å². The van der Waals surface area contributed by atoms with E-state index >= 15 is 0 Å². The molecule has 1 aromatic heterocycles. The number of rotatable bonds is 6. The zero-order valence-electron chi connectivity index (χ0n) is 14.0. The lowest BCUT2D eigenvalue weighted by Gasteiger charge is -2.18. The Morgan fingerprint density at radius 2 is 1.75 bits per heavy atom. The van der Waals surface area contributed by atoms with Gasteiger partial charge in [-0.25, -0.2) is 0 Å². The van der Waals surface area contributed by atoms with Crippen LogP contribution in [0.25, 0.3) is 0 Å². The van der Waals surface area contributed by atoms with E-state index in [9.17, 15) is 9.59 Å². The highest BCUT2D eigenvalue weighted by Gasteiger charge is 2.12. The topological polar surface area (TPSA) is 88.3 Å². The lowest BCUT2D eigenvalue weighted by molar-refractivity contribution is -0.115. The van der Waals surface area contributed by atoms with Crippen LogP contribution < -0.4 is 11.1 Å². The van der Waals surface area contributed by atoms with Gasteiger partial charge in [0.1, 0.15) is 0 Å². The monoisotopic (exact) mass is 326 g/mol. The molecule has 0 spiro atoms. The van der Waals surface area contributed by atoms with E-state index in [1.165, 1.54) is 6.20 Å². The van der Waals surface area contributed by atoms with E-state index in [4.69, 9.17) is 5.73 Å². The molecule has 0 atom stereocenters. The number of carbonyl (C=O) groups excluding carboxylic acids is 2. The molecule has 0 aliphatic rings. The maximum Gasteiger partial charge on any atom is 0.253 e. The second-order valence-corrected chi connectivity index (χ2v) is 5.36. The summed E-state index contributed by atoms with van der Waals surface area (Å²) in [6.07, 6.45) is 1.69. The molecule has 0 saturated heterocycles. The Bertz CT molecular complexity index is 692. The van der Waals surface area contributed by atoms with E-state index in [0.29, 0.717) is 35.7 Å². The number of hydrogen-bond acceptors (Lipinski definition) is 4. The van der Waals surface area contributed by atoms with Crippen molar-refractivity contribution >= 4 is 23.2 Å². The average molecular weight is 326 g/mol. The number of nitrogens with one attached hydrogen (secondary N) is 1. The fourth-order valence-corrected chi connectivity index (χ4v) is 2.30. The largest absolute Gasteiger partial charge is 0.397 e. The predicted molar refractivity (Wildman–Crippen MR) is 94.7 cm³/mol. The molecule has 0 aliphatic carbocycles. The fraction of sp³-hybridized carbons (Fsp3) is 0.278. The van der Waals surface area contributed by atoms with E-state index in [2.05, 4.69) is 10.3 Å². The van der Waals surface area contributed by atoms with Crippen molar-refractivity contribution in [2.75, 3.05) is 24.1 Å². The molecule has 0 bridgehead atoms. The quantitative estimate of drug-likeness (QED) is 0.853. The molecule has 0 aliphatic heterocycles. The standard InChI is InChI=1S/C18H22N4O2/c1-3-22(4-2)18(24)13-5-8-15(9-6-13)21-17(23)11-16-10-7-14(19)12-20-16/h5-10,12H,3-4,11,19H2,1-2H3,(H,21,23). The Balaban J connectivity index is 1.97. The zero-order chi connectivity index (χ0) is 17.5. The van der Waals surface area contributed by atoms with Crippen molar-refractivity contribution in [1.82, 2.24) is 9.88 Å². The number of hydrogen-bond donors (Lipinski definition) is 2. The minimum absolute atomic E-state index is 0.0102. The predicted octanol–water partition coefficient (Wildman–Crippen LogP) is 2.33. The maximum atomic E-state index is 12.2. The van der Waals surface area contributed by atoms with Gasteiger partial charge in [-0.3, -0.25) is 14.6 Å². The van der Waals surface area contributed by atoms with Crippen molar-refractivity contribution < 1.29 is 9.59 Å².